The van der Waals surface area contributed by atoms with Crippen molar-refractivity contribution in [1.82, 2.24) is 4.90 Å². The van der Waals surface area contributed by atoms with E-state index >= 15 is 0 Å². The fourth-order valence-corrected chi connectivity index (χ4v) is 2.12. The zero-order valence-electron chi connectivity index (χ0n) is 10.9. The number of urea groups is 1. The van der Waals surface area contributed by atoms with E-state index in [0.717, 1.165) is 0 Å². The molecular formula is C13H16N2O4. The first-order valence-electron chi connectivity index (χ1n) is 5.92. The predicted octanol–water partition coefficient (Wildman–Crippen LogP) is 1.27. The Bertz CT molecular complexity index is 503. The smallest absolute Gasteiger partial charge is 0.324 e. The van der Waals surface area contributed by atoms with Crippen molar-refractivity contribution < 1.29 is 19.4 Å². The number of carbonyl (C=O) groups excluding carboxylic acids is 1. The first-order chi connectivity index (χ1) is 9.02. The van der Waals surface area contributed by atoms with Crippen molar-refractivity contribution in [3.63, 3.8) is 0 Å². The first-order valence-corrected chi connectivity index (χ1v) is 5.92. The molecule has 1 unspecified atom stereocenters. The van der Waals surface area contributed by atoms with Crippen molar-refractivity contribution in [1.29, 1.82) is 0 Å². The Kier molecular flexibility index (Phi) is 3.59. The highest BCUT2D eigenvalue weighted by Gasteiger charge is 2.34. The van der Waals surface area contributed by atoms with Crippen LogP contribution in [-0.4, -0.2) is 49.3 Å². The molecule has 102 valence electrons. The van der Waals surface area contributed by atoms with Crippen LogP contribution in [0.3, 0.4) is 0 Å². The van der Waals surface area contributed by atoms with Gasteiger partial charge < -0.3 is 14.7 Å². The molecule has 1 aliphatic heterocycles. The van der Waals surface area contributed by atoms with E-state index in [4.69, 9.17) is 9.84 Å². The third-order valence-electron chi connectivity index (χ3n) is 3.17. The number of rotatable bonds is 3. The SMILES string of the molecule is COc1cccc(N2CC(C(=O)O)CN(C)C2=O)c1. The summed E-state index contributed by atoms with van der Waals surface area (Å²) in [4.78, 5) is 26.1. The van der Waals surface area contributed by atoms with Crippen LogP contribution in [-0.2, 0) is 4.79 Å². The Labute approximate surface area is 111 Å². The minimum atomic E-state index is -0.896. The molecule has 2 rings (SSSR count). The lowest BCUT2D eigenvalue weighted by Crippen LogP contribution is -2.54. The molecule has 6 heteroatoms. The summed E-state index contributed by atoms with van der Waals surface area (Å²) < 4.78 is 5.11. The molecule has 0 aliphatic carbocycles. The number of carboxylic acids is 1. The van der Waals surface area contributed by atoms with Gasteiger partial charge in [-0.25, -0.2) is 4.79 Å². The molecule has 0 saturated carbocycles. The second-order valence-corrected chi connectivity index (χ2v) is 4.51. The van der Waals surface area contributed by atoms with Crippen LogP contribution < -0.4 is 9.64 Å². The lowest BCUT2D eigenvalue weighted by atomic mass is 10.1. The highest BCUT2D eigenvalue weighted by atomic mass is 16.5. The molecule has 1 N–H and O–H groups in total. The molecule has 1 fully saturated rings. The Morgan fingerprint density at radius 3 is 2.79 bits per heavy atom. The summed E-state index contributed by atoms with van der Waals surface area (Å²) >= 11 is 0. The van der Waals surface area contributed by atoms with Gasteiger partial charge in [-0.05, 0) is 12.1 Å². The number of carbonyl (C=O) groups is 2. The van der Waals surface area contributed by atoms with E-state index < -0.39 is 11.9 Å². The molecule has 2 amide bonds. The number of anilines is 1. The molecule has 1 atom stereocenters. The van der Waals surface area contributed by atoms with Gasteiger partial charge in [-0.15, -0.1) is 0 Å². The zero-order valence-corrected chi connectivity index (χ0v) is 10.9. The highest BCUT2D eigenvalue weighted by Crippen LogP contribution is 2.25. The van der Waals surface area contributed by atoms with Crippen molar-refractivity contribution in [3.8, 4) is 5.75 Å². The maximum Gasteiger partial charge on any atom is 0.324 e. The molecule has 1 aliphatic rings. The molecule has 1 saturated heterocycles. The highest BCUT2D eigenvalue weighted by molar-refractivity contribution is 5.94. The second kappa shape index (κ2) is 5.17. The van der Waals surface area contributed by atoms with E-state index in [2.05, 4.69) is 0 Å². The molecule has 1 heterocycles. The predicted molar refractivity (Wildman–Crippen MR) is 69.5 cm³/mol. The maximum absolute atomic E-state index is 12.1. The van der Waals surface area contributed by atoms with Crippen LogP contribution >= 0.6 is 0 Å². The van der Waals surface area contributed by atoms with E-state index in [1.54, 1.807) is 38.4 Å². The van der Waals surface area contributed by atoms with Gasteiger partial charge in [0, 0.05) is 31.9 Å². The molecule has 19 heavy (non-hydrogen) atoms. The van der Waals surface area contributed by atoms with Gasteiger partial charge in [-0.1, -0.05) is 6.07 Å². The number of benzene rings is 1. The number of hydrogen-bond donors (Lipinski definition) is 1. The average Bonchev–Trinajstić information content (AvgIpc) is 2.41. The third kappa shape index (κ3) is 2.62. The van der Waals surface area contributed by atoms with Crippen LogP contribution in [0.5, 0.6) is 5.75 Å². The summed E-state index contributed by atoms with van der Waals surface area (Å²) in [6.07, 6.45) is 0. The van der Waals surface area contributed by atoms with Crippen molar-refractivity contribution in [2.24, 2.45) is 5.92 Å². The summed E-state index contributed by atoms with van der Waals surface area (Å²) in [6.45, 7) is 0.403. The summed E-state index contributed by atoms with van der Waals surface area (Å²) in [7, 11) is 3.15. The van der Waals surface area contributed by atoms with Crippen LogP contribution in [0, 0.1) is 5.92 Å². The van der Waals surface area contributed by atoms with Gasteiger partial charge >= 0.3 is 12.0 Å². The van der Waals surface area contributed by atoms with E-state index in [0.29, 0.717) is 11.4 Å². The lowest BCUT2D eigenvalue weighted by molar-refractivity contribution is -0.141. The van der Waals surface area contributed by atoms with Crippen LogP contribution in [0.15, 0.2) is 24.3 Å². The van der Waals surface area contributed by atoms with Gasteiger partial charge in [0.15, 0.2) is 0 Å². The number of aliphatic carboxylic acids is 1. The number of methoxy groups -OCH3 is 1. The summed E-state index contributed by atoms with van der Waals surface area (Å²) in [5.41, 5.74) is 0.641. The number of ether oxygens (including phenoxy) is 1. The fraction of sp³-hybridized carbons (Fsp3) is 0.385. The summed E-state index contributed by atoms with van der Waals surface area (Å²) in [5.74, 6) is -0.855. The standard InChI is InChI=1S/C13H16N2O4/c1-14-7-9(12(16)17)8-15(13(14)18)10-4-3-5-11(6-10)19-2/h3-6,9H,7-8H2,1-2H3,(H,16,17). The van der Waals surface area contributed by atoms with Gasteiger partial charge in [-0.2, -0.15) is 0 Å². The van der Waals surface area contributed by atoms with Gasteiger partial charge in [0.25, 0.3) is 0 Å². The van der Waals surface area contributed by atoms with Crippen LogP contribution in [0.25, 0.3) is 0 Å². The van der Waals surface area contributed by atoms with Crippen molar-refractivity contribution in [2.75, 3.05) is 32.1 Å². The zero-order chi connectivity index (χ0) is 14.0. The topological polar surface area (TPSA) is 70.1 Å². The first kappa shape index (κ1) is 13.2. The molecule has 1 aromatic carbocycles. The van der Waals surface area contributed by atoms with Gasteiger partial charge in [0.1, 0.15) is 5.75 Å². The third-order valence-corrected chi connectivity index (χ3v) is 3.17. The molecular weight excluding hydrogens is 248 g/mol. The maximum atomic E-state index is 12.1. The Hall–Kier alpha value is -2.24. The molecule has 1 aromatic rings. The average molecular weight is 264 g/mol. The van der Waals surface area contributed by atoms with Crippen molar-refractivity contribution in [2.45, 2.75) is 0 Å². The van der Waals surface area contributed by atoms with E-state index in [9.17, 15) is 9.59 Å². The monoisotopic (exact) mass is 264 g/mol. The van der Waals surface area contributed by atoms with Gasteiger partial charge in [-0.3, -0.25) is 9.69 Å². The van der Waals surface area contributed by atoms with E-state index in [-0.39, 0.29) is 19.1 Å². The largest absolute Gasteiger partial charge is 0.497 e. The number of hydrogen-bond acceptors (Lipinski definition) is 3. The minimum Gasteiger partial charge on any atom is -0.497 e. The lowest BCUT2D eigenvalue weighted by Gasteiger charge is -2.36. The Balaban J connectivity index is 2.29. The molecule has 0 spiro atoms. The Morgan fingerprint density at radius 2 is 2.16 bits per heavy atom. The molecule has 0 aromatic heterocycles. The number of carboxylic acid groups (broad SMARTS) is 1. The molecule has 0 bridgehead atoms. The van der Waals surface area contributed by atoms with E-state index in [1.807, 2.05) is 0 Å². The Morgan fingerprint density at radius 1 is 1.42 bits per heavy atom. The minimum absolute atomic E-state index is 0.172. The summed E-state index contributed by atoms with van der Waals surface area (Å²) in [5, 5.41) is 9.12. The number of nitrogens with zero attached hydrogens (tertiary/aromatic N) is 2. The van der Waals surface area contributed by atoms with Gasteiger partial charge in [0.05, 0.1) is 13.0 Å². The molecule has 0 radical (unpaired) electrons. The van der Waals surface area contributed by atoms with Crippen LogP contribution in [0.4, 0.5) is 10.5 Å². The van der Waals surface area contributed by atoms with Crippen molar-refractivity contribution >= 4 is 17.7 Å². The fourth-order valence-electron chi connectivity index (χ4n) is 2.12. The number of amides is 2. The summed E-state index contributed by atoms with van der Waals surface area (Å²) in [6, 6.07) is 6.82. The second-order valence-electron chi connectivity index (χ2n) is 4.51. The van der Waals surface area contributed by atoms with E-state index in [1.165, 1.54) is 9.80 Å². The van der Waals surface area contributed by atoms with Crippen LogP contribution in [0.2, 0.25) is 0 Å². The molecule has 6 nitrogen and oxygen atoms in total. The normalized spacial score (nSPS) is 19.5. The van der Waals surface area contributed by atoms with Crippen LogP contribution in [0.1, 0.15) is 0 Å². The van der Waals surface area contributed by atoms with Gasteiger partial charge in [0.2, 0.25) is 0 Å². The quantitative estimate of drug-likeness (QED) is 0.892. The van der Waals surface area contributed by atoms with Crippen molar-refractivity contribution in [3.05, 3.63) is 24.3 Å².